The molecule has 0 N–H and O–H groups in total. The molecule has 44 heavy (non-hydrogen) atoms. The number of ether oxygens (including phenoxy) is 1. The van der Waals surface area contributed by atoms with Gasteiger partial charge in [0.1, 0.15) is 11.2 Å². The van der Waals surface area contributed by atoms with Gasteiger partial charge in [0.05, 0.1) is 0 Å². The van der Waals surface area contributed by atoms with Gasteiger partial charge in [0.2, 0.25) is 0 Å². The standard InChI is InChI=1S/C34H26O2.3CO.K.Mn/c35-33-34(27-19-9-3-10-20-27,28-21-11-4-12-22-28)30-24-14-13-23-29(30)32(36-33)31(25-15-5-1-6-16-25)26-17-7-2-8-18-26;3*1-2;;/h1-24,29-30H;;;;;/q;;;;+1;/t29-,30+;;;;;/m1...../s1. The zero-order valence-electron chi connectivity index (χ0n) is 23.9. The van der Waals surface area contributed by atoms with E-state index in [1.165, 1.54) is 0 Å². The Morgan fingerprint density at radius 2 is 0.955 bits per heavy atom. The van der Waals surface area contributed by atoms with Crippen LogP contribution in [0.2, 0.25) is 0 Å². The summed E-state index contributed by atoms with van der Waals surface area (Å²) in [5, 5.41) is 0. The summed E-state index contributed by atoms with van der Waals surface area (Å²) >= 11 is 0. The molecule has 1 heterocycles. The molecule has 1 radical (unpaired) electrons. The van der Waals surface area contributed by atoms with E-state index in [0.29, 0.717) is 5.76 Å². The van der Waals surface area contributed by atoms with Crippen molar-refractivity contribution in [1.82, 2.24) is 0 Å². The van der Waals surface area contributed by atoms with Crippen molar-refractivity contribution in [3.63, 3.8) is 0 Å². The third-order valence-electron chi connectivity index (χ3n) is 7.29. The van der Waals surface area contributed by atoms with Crippen molar-refractivity contribution in [1.29, 1.82) is 0 Å². The van der Waals surface area contributed by atoms with Gasteiger partial charge in [0, 0.05) is 34.5 Å². The second-order valence-corrected chi connectivity index (χ2v) is 9.22. The van der Waals surface area contributed by atoms with Crippen LogP contribution < -0.4 is 51.4 Å². The third kappa shape index (κ3) is 7.96. The normalized spacial score (nSPS) is 16.4. The summed E-state index contributed by atoms with van der Waals surface area (Å²) in [4.78, 5) is 14.4. The molecule has 5 nitrogen and oxygen atoms in total. The Balaban J connectivity index is 0.00000114. The summed E-state index contributed by atoms with van der Waals surface area (Å²) in [6.45, 7) is 13.5. The van der Waals surface area contributed by atoms with Crippen LogP contribution in [0.15, 0.2) is 151 Å². The fourth-order valence-electron chi connectivity index (χ4n) is 5.72. The van der Waals surface area contributed by atoms with Crippen LogP contribution in [-0.4, -0.2) is 5.97 Å². The fraction of sp³-hybridized carbons (Fsp3) is 0.0811. The van der Waals surface area contributed by atoms with E-state index in [4.69, 9.17) is 18.7 Å². The SMILES string of the molecule is O=C1OC(=C(c2ccccc2)c2ccccc2)[C@@H]2C=CC=C[C@@H]2C1(c1ccccc1)c1ccccc1.[C-]#[O+].[C-]#[O+].[C-]#[O+].[K+].[Mn]. The first kappa shape index (κ1) is 39.0. The van der Waals surface area contributed by atoms with Gasteiger partial charge >= 0.3 is 91.3 Å². The molecule has 6 rings (SSSR count). The molecule has 0 saturated carbocycles. The topological polar surface area (TPSA) is 86.0 Å². The van der Waals surface area contributed by atoms with Crippen molar-refractivity contribution < 1.29 is 91.9 Å². The second kappa shape index (κ2) is 20.1. The molecule has 0 aromatic heterocycles. The Hall–Kier alpha value is -3.05. The maximum absolute atomic E-state index is 14.4. The molecule has 4 aromatic rings. The summed E-state index contributed by atoms with van der Waals surface area (Å²) < 4.78 is 29.0. The van der Waals surface area contributed by atoms with Crippen molar-refractivity contribution in [2.75, 3.05) is 0 Å². The number of carbonyl (C=O) groups excluding carboxylic acids is 1. The molecule has 2 aliphatic rings. The first-order valence-corrected chi connectivity index (χ1v) is 12.9. The van der Waals surface area contributed by atoms with Crippen LogP contribution in [0.3, 0.4) is 0 Å². The Morgan fingerprint density at radius 1 is 0.591 bits per heavy atom. The minimum Gasteiger partial charge on any atom is 0 e. The maximum Gasteiger partial charge on any atom is 1.00 e. The number of esters is 1. The number of benzene rings is 4. The molecule has 0 unspecified atom stereocenters. The van der Waals surface area contributed by atoms with Gasteiger partial charge in [-0.15, -0.1) is 0 Å². The number of hydrogen-bond acceptors (Lipinski definition) is 2. The van der Waals surface area contributed by atoms with Crippen LogP contribution in [-0.2, 0) is 46.0 Å². The first-order valence-electron chi connectivity index (χ1n) is 12.9. The van der Waals surface area contributed by atoms with Gasteiger partial charge in [-0.2, -0.15) is 0 Å². The van der Waals surface area contributed by atoms with Gasteiger partial charge < -0.3 is 4.74 Å². The van der Waals surface area contributed by atoms with E-state index in [0.717, 1.165) is 27.8 Å². The van der Waals surface area contributed by atoms with E-state index >= 15 is 0 Å². The van der Waals surface area contributed by atoms with Crippen molar-refractivity contribution in [3.05, 3.63) is 194 Å². The van der Waals surface area contributed by atoms with Gasteiger partial charge in [-0.1, -0.05) is 146 Å². The van der Waals surface area contributed by atoms with Crippen molar-refractivity contribution in [2.24, 2.45) is 11.8 Å². The molecule has 1 saturated heterocycles. The Morgan fingerprint density at radius 3 is 1.36 bits per heavy atom. The Labute approximate surface area is 311 Å². The summed E-state index contributed by atoms with van der Waals surface area (Å²) in [5.74, 6) is 0.181. The predicted molar refractivity (Wildman–Crippen MR) is 156 cm³/mol. The second-order valence-electron chi connectivity index (χ2n) is 9.22. The van der Waals surface area contributed by atoms with Gasteiger partial charge in [-0.3, -0.25) is 4.79 Å². The molecule has 4 aromatic carbocycles. The van der Waals surface area contributed by atoms with E-state index < -0.39 is 5.41 Å². The van der Waals surface area contributed by atoms with Crippen LogP contribution in [0, 0.1) is 31.8 Å². The summed E-state index contributed by atoms with van der Waals surface area (Å²) in [7, 11) is 0. The quantitative estimate of drug-likeness (QED) is 0.144. The molecular weight excluding hydrogens is 618 g/mol. The van der Waals surface area contributed by atoms with Crippen LogP contribution in [0.25, 0.3) is 5.57 Å². The zero-order chi connectivity index (χ0) is 30.4. The largest absolute Gasteiger partial charge is 1.00 e. The molecule has 1 fully saturated rings. The molecule has 0 amide bonds. The molecule has 7 heteroatoms. The number of fused-ring (bicyclic) bond motifs is 1. The fourth-order valence-corrected chi connectivity index (χ4v) is 5.72. The van der Waals surface area contributed by atoms with E-state index in [1.807, 2.05) is 97.1 Å². The number of allylic oxidation sites excluding steroid dienone is 4. The van der Waals surface area contributed by atoms with E-state index in [-0.39, 0.29) is 86.3 Å². The summed E-state index contributed by atoms with van der Waals surface area (Å²) in [6, 6.07) is 40.6. The van der Waals surface area contributed by atoms with E-state index in [9.17, 15) is 4.79 Å². The van der Waals surface area contributed by atoms with Gasteiger partial charge in [0.25, 0.3) is 0 Å². The molecule has 1 aliphatic carbocycles. The van der Waals surface area contributed by atoms with Crippen molar-refractivity contribution in [2.45, 2.75) is 5.41 Å². The van der Waals surface area contributed by atoms with E-state index in [2.05, 4.69) is 68.5 Å². The van der Waals surface area contributed by atoms with Crippen LogP contribution in [0.5, 0.6) is 0 Å². The zero-order valence-corrected chi connectivity index (χ0v) is 28.2. The number of carbonyl (C=O) groups is 1. The maximum atomic E-state index is 14.4. The average Bonchev–Trinajstić information content (AvgIpc) is 3.10. The van der Waals surface area contributed by atoms with Gasteiger partial charge in [0.15, 0.2) is 0 Å². The first-order chi connectivity index (χ1) is 20.8. The van der Waals surface area contributed by atoms with Crippen LogP contribution >= 0.6 is 0 Å². The summed E-state index contributed by atoms with van der Waals surface area (Å²) in [6.07, 6.45) is 8.48. The van der Waals surface area contributed by atoms with Crippen molar-refractivity contribution in [3.8, 4) is 0 Å². The number of cyclic esters (lactones) is 1. The van der Waals surface area contributed by atoms with Gasteiger partial charge in [-0.25, -0.2) is 0 Å². The Bertz CT molecular complexity index is 1510. The molecule has 2 atom stereocenters. The monoisotopic (exact) mass is 644 g/mol. The predicted octanol–water partition coefficient (Wildman–Crippen LogP) is 4.24. The molecule has 211 valence electrons. The average molecular weight is 645 g/mol. The minimum atomic E-state index is -0.962. The van der Waals surface area contributed by atoms with E-state index in [1.54, 1.807) is 0 Å². The molecule has 0 bridgehead atoms. The number of hydrogen-bond donors (Lipinski definition) is 0. The third-order valence-corrected chi connectivity index (χ3v) is 7.29. The Kier molecular flexibility index (Phi) is 17.8. The van der Waals surface area contributed by atoms with Crippen LogP contribution in [0.4, 0.5) is 0 Å². The molecular formula is C37H26KMnO5+. The van der Waals surface area contributed by atoms with Crippen molar-refractivity contribution >= 4 is 11.5 Å². The summed E-state index contributed by atoms with van der Waals surface area (Å²) in [5.41, 5.74) is 3.93. The molecule has 0 spiro atoms. The smallest absolute Gasteiger partial charge is 0 e. The van der Waals surface area contributed by atoms with Crippen LogP contribution in [0.1, 0.15) is 22.3 Å². The number of rotatable bonds is 4. The van der Waals surface area contributed by atoms with Gasteiger partial charge in [-0.05, 0) is 22.3 Å². The molecule has 1 aliphatic heterocycles. The minimum absolute atomic E-state index is 0.